The molecule has 2 aliphatic rings. The number of nitroso groups, excluding NO2 is 1. The number of rotatable bonds is 6. The van der Waals surface area contributed by atoms with Crippen LogP contribution in [0.25, 0.3) is 0 Å². The van der Waals surface area contributed by atoms with Crippen LogP contribution in [0, 0.1) is 4.91 Å². The molecule has 0 bridgehead atoms. The first-order valence-electron chi connectivity index (χ1n) is 7.26. The molecule has 1 aromatic rings. The summed E-state index contributed by atoms with van der Waals surface area (Å²) < 4.78 is 0. The van der Waals surface area contributed by atoms with Crippen LogP contribution in [-0.2, 0) is 14.4 Å². The number of carboxylic acids is 1. The number of carbonyl (C=O) groups excluding carboxylic acids is 2. The van der Waals surface area contributed by atoms with E-state index in [1.807, 2.05) is 0 Å². The molecule has 2 amide bonds. The number of carbonyl (C=O) groups is 3. The molecule has 0 aliphatic carbocycles. The Hall–Kier alpha value is -2.73. The van der Waals surface area contributed by atoms with E-state index in [4.69, 9.17) is 5.73 Å². The largest absolute Gasteiger partial charge is 0.477 e. The molecule has 0 aromatic carbocycles. The smallest absolute Gasteiger partial charge is 0.352 e. The third kappa shape index (κ3) is 2.86. The Morgan fingerprint density at radius 2 is 2.31 bits per heavy atom. The molecule has 3 heterocycles. The van der Waals surface area contributed by atoms with Gasteiger partial charge in [0.1, 0.15) is 17.1 Å². The van der Waals surface area contributed by atoms with Crippen LogP contribution in [0.2, 0.25) is 0 Å². The molecular formula is C14H13N5O5S2. The maximum atomic E-state index is 12.4. The van der Waals surface area contributed by atoms with E-state index in [0.29, 0.717) is 11.3 Å². The molecule has 0 spiro atoms. The summed E-state index contributed by atoms with van der Waals surface area (Å²) in [5.41, 5.74) is 5.88. The van der Waals surface area contributed by atoms with Crippen molar-refractivity contribution in [3.63, 3.8) is 0 Å². The van der Waals surface area contributed by atoms with Gasteiger partial charge in [-0.05, 0) is 10.7 Å². The maximum absolute atomic E-state index is 12.4. The summed E-state index contributed by atoms with van der Waals surface area (Å²) in [4.78, 5) is 52.2. The second kappa shape index (κ2) is 6.88. The van der Waals surface area contributed by atoms with Gasteiger partial charge < -0.3 is 16.2 Å². The molecule has 0 radical (unpaired) electrons. The molecule has 2 unspecified atom stereocenters. The van der Waals surface area contributed by atoms with Crippen LogP contribution in [0.4, 0.5) is 5.13 Å². The van der Waals surface area contributed by atoms with Crippen LogP contribution in [0.5, 0.6) is 0 Å². The zero-order chi connectivity index (χ0) is 19.0. The number of hydrogen-bond donors (Lipinski definition) is 3. The van der Waals surface area contributed by atoms with E-state index in [0.717, 1.165) is 16.2 Å². The summed E-state index contributed by atoms with van der Waals surface area (Å²) in [5.74, 6) is -2.27. The number of thioether (sulfide) groups is 1. The molecule has 26 heavy (non-hydrogen) atoms. The minimum atomic E-state index is -1.43. The average molecular weight is 395 g/mol. The first kappa shape index (κ1) is 18.1. The minimum absolute atomic E-state index is 0.0972. The predicted octanol–water partition coefficient (Wildman–Crippen LogP) is 0.457. The SMILES string of the molecule is C=CC1=C(C(=O)O)N2C(=O)[C@@H](NC(=O)C(N=O)c3csc(N)n3)C2SC1. The van der Waals surface area contributed by atoms with Crippen LogP contribution in [-0.4, -0.2) is 49.9 Å². The Bertz CT molecular complexity index is 851. The monoisotopic (exact) mass is 395 g/mol. The number of amides is 2. The molecule has 1 aromatic heterocycles. The molecule has 2 aliphatic heterocycles. The van der Waals surface area contributed by atoms with Crippen molar-refractivity contribution in [2.45, 2.75) is 17.5 Å². The van der Waals surface area contributed by atoms with Crippen molar-refractivity contribution in [3.8, 4) is 0 Å². The molecule has 4 N–H and O–H groups in total. The number of nitrogens with two attached hydrogens (primary N) is 1. The Morgan fingerprint density at radius 1 is 1.58 bits per heavy atom. The van der Waals surface area contributed by atoms with Crippen molar-refractivity contribution in [3.05, 3.63) is 39.9 Å². The van der Waals surface area contributed by atoms with E-state index in [2.05, 4.69) is 22.1 Å². The molecule has 1 fully saturated rings. The highest BCUT2D eigenvalue weighted by Gasteiger charge is 2.54. The summed E-state index contributed by atoms with van der Waals surface area (Å²) >= 11 is 2.35. The Labute approximate surface area is 155 Å². The molecule has 3 atom stereocenters. The second-order valence-corrected chi connectivity index (χ2v) is 7.39. The standard InChI is InChI=1S/C14H13N5O5S2/c1-2-5-3-25-12-8(11(21)19(12)9(5)13(22)23)17-10(20)7(18-24)6-4-26-14(15)16-6/h2,4,7-8,12H,1,3H2,(H2,15,16)(H,17,20)(H,22,23)/t7?,8-,12?/m1/s1. The first-order chi connectivity index (χ1) is 12.4. The lowest BCUT2D eigenvalue weighted by molar-refractivity contribution is -0.150. The number of nitrogens with one attached hydrogen (secondary N) is 1. The quantitative estimate of drug-likeness (QED) is 0.463. The van der Waals surface area contributed by atoms with Crippen molar-refractivity contribution in [1.29, 1.82) is 0 Å². The number of allylic oxidation sites excluding steroid dienone is 1. The van der Waals surface area contributed by atoms with Gasteiger partial charge in [-0.15, -0.1) is 28.0 Å². The zero-order valence-electron chi connectivity index (χ0n) is 13.1. The molecule has 1 saturated heterocycles. The van der Waals surface area contributed by atoms with E-state index in [9.17, 15) is 24.4 Å². The number of fused-ring (bicyclic) bond motifs is 1. The van der Waals surface area contributed by atoms with Crippen LogP contribution in [0.15, 0.2) is 34.5 Å². The van der Waals surface area contributed by atoms with E-state index in [-0.39, 0.29) is 16.5 Å². The van der Waals surface area contributed by atoms with Crippen molar-refractivity contribution in [1.82, 2.24) is 15.2 Å². The van der Waals surface area contributed by atoms with Gasteiger partial charge in [-0.25, -0.2) is 9.78 Å². The number of nitrogens with zero attached hydrogens (tertiary/aromatic N) is 3. The van der Waals surface area contributed by atoms with Gasteiger partial charge in [0.15, 0.2) is 5.13 Å². The highest BCUT2D eigenvalue weighted by molar-refractivity contribution is 8.00. The third-order valence-corrected chi connectivity index (χ3v) is 5.91. The van der Waals surface area contributed by atoms with Crippen LogP contribution in [0.3, 0.4) is 0 Å². The number of anilines is 1. The van der Waals surface area contributed by atoms with Gasteiger partial charge in [0, 0.05) is 11.1 Å². The fourth-order valence-electron chi connectivity index (χ4n) is 2.69. The van der Waals surface area contributed by atoms with Crippen molar-refractivity contribution in [2.24, 2.45) is 5.18 Å². The summed E-state index contributed by atoms with van der Waals surface area (Å²) in [5, 5.41) is 15.6. The maximum Gasteiger partial charge on any atom is 0.352 e. The first-order valence-corrected chi connectivity index (χ1v) is 9.19. The lowest BCUT2D eigenvalue weighted by Gasteiger charge is -2.49. The Morgan fingerprint density at radius 3 is 2.85 bits per heavy atom. The van der Waals surface area contributed by atoms with Gasteiger partial charge in [-0.3, -0.25) is 14.5 Å². The van der Waals surface area contributed by atoms with Gasteiger partial charge in [0.2, 0.25) is 6.04 Å². The van der Waals surface area contributed by atoms with Gasteiger partial charge in [-0.1, -0.05) is 12.7 Å². The summed E-state index contributed by atoms with van der Waals surface area (Å²) in [6.07, 6.45) is 1.39. The third-order valence-electron chi connectivity index (χ3n) is 3.92. The fourth-order valence-corrected chi connectivity index (χ4v) is 4.62. The van der Waals surface area contributed by atoms with Crippen LogP contribution < -0.4 is 11.1 Å². The van der Waals surface area contributed by atoms with E-state index in [1.165, 1.54) is 23.2 Å². The summed E-state index contributed by atoms with van der Waals surface area (Å²) in [7, 11) is 0. The van der Waals surface area contributed by atoms with Crippen molar-refractivity contribution in [2.75, 3.05) is 11.5 Å². The normalized spacial score (nSPS) is 22.9. The lowest BCUT2D eigenvalue weighted by Crippen LogP contribution is -2.70. The highest BCUT2D eigenvalue weighted by atomic mass is 32.2. The number of nitrogen functional groups attached to an aromatic ring is 1. The molecule has 12 heteroatoms. The van der Waals surface area contributed by atoms with Crippen LogP contribution in [0.1, 0.15) is 11.7 Å². The summed E-state index contributed by atoms with van der Waals surface area (Å²) in [6, 6.07) is -2.38. The number of thiazole rings is 1. The minimum Gasteiger partial charge on any atom is -0.477 e. The van der Waals surface area contributed by atoms with E-state index in [1.54, 1.807) is 0 Å². The molecule has 0 saturated carbocycles. The highest BCUT2D eigenvalue weighted by Crippen LogP contribution is 2.40. The molecule has 136 valence electrons. The second-order valence-electron chi connectivity index (χ2n) is 5.40. The molecule has 3 rings (SSSR count). The average Bonchev–Trinajstić information content (AvgIpc) is 3.04. The lowest BCUT2D eigenvalue weighted by atomic mass is 10.0. The number of hydrogen-bond acceptors (Lipinski definition) is 9. The fraction of sp³-hybridized carbons (Fsp3) is 0.286. The Balaban J connectivity index is 1.77. The number of aliphatic carboxylic acids is 1. The number of β-lactam (4-membered cyclic amide) rings is 1. The summed E-state index contributed by atoms with van der Waals surface area (Å²) in [6.45, 7) is 3.56. The zero-order valence-corrected chi connectivity index (χ0v) is 14.7. The molecular weight excluding hydrogens is 382 g/mol. The van der Waals surface area contributed by atoms with Crippen molar-refractivity contribution >= 4 is 46.0 Å². The van der Waals surface area contributed by atoms with E-state index < -0.39 is 35.2 Å². The van der Waals surface area contributed by atoms with Gasteiger partial charge >= 0.3 is 5.97 Å². The predicted molar refractivity (Wildman–Crippen MR) is 94.9 cm³/mol. The topological polar surface area (TPSA) is 155 Å². The van der Waals surface area contributed by atoms with Crippen LogP contribution >= 0.6 is 23.1 Å². The molecule has 10 nitrogen and oxygen atoms in total. The van der Waals surface area contributed by atoms with E-state index >= 15 is 0 Å². The number of aromatic nitrogens is 1. The van der Waals surface area contributed by atoms with Gasteiger partial charge in [-0.2, -0.15) is 0 Å². The van der Waals surface area contributed by atoms with Crippen molar-refractivity contribution < 1.29 is 19.5 Å². The van der Waals surface area contributed by atoms with Gasteiger partial charge in [0.05, 0.1) is 5.69 Å². The number of carboxylic acid groups (broad SMARTS) is 1. The Kier molecular flexibility index (Phi) is 4.78. The van der Waals surface area contributed by atoms with Gasteiger partial charge in [0.25, 0.3) is 11.8 Å².